The Hall–Kier alpha value is -3.73. The van der Waals surface area contributed by atoms with Gasteiger partial charge < -0.3 is 9.47 Å². The van der Waals surface area contributed by atoms with E-state index in [4.69, 9.17) is 24.7 Å². The lowest BCUT2D eigenvalue weighted by atomic mass is 10.00. The summed E-state index contributed by atoms with van der Waals surface area (Å²) in [5.41, 5.74) is 4.16. The van der Waals surface area contributed by atoms with Gasteiger partial charge in [-0.1, -0.05) is 13.8 Å². The number of fused-ring (bicyclic) bond motifs is 1. The number of rotatable bonds is 6. The average molecular weight is 420 g/mol. The monoisotopic (exact) mass is 420 g/mol. The highest BCUT2D eigenvalue weighted by Crippen LogP contribution is 2.30. The van der Waals surface area contributed by atoms with E-state index in [1.165, 1.54) is 14.2 Å². The zero-order chi connectivity index (χ0) is 22.7. The first-order valence-electron chi connectivity index (χ1n) is 9.98. The lowest BCUT2D eigenvalue weighted by Gasteiger charge is -2.17. The zero-order valence-electron chi connectivity index (χ0n) is 18.3. The van der Waals surface area contributed by atoms with E-state index in [1.807, 2.05) is 32.9 Å². The van der Waals surface area contributed by atoms with Crippen molar-refractivity contribution in [3.05, 3.63) is 52.0 Å². The Balaban J connectivity index is 2.53. The molecule has 0 aliphatic heterocycles. The van der Waals surface area contributed by atoms with Crippen molar-refractivity contribution in [1.29, 1.82) is 5.26 Å². The van der Waals surface area contributed by atoms with E-state index in [9.17, 15) is 9.59 Å². The van der Waals surface area contributed by atoms with Gasteiger partial charge in [-0.05, 0) is 42.7 Å². The minimum Gasteiger partial charge on any atom is -0.465 e. The molecule has 160 valence electrons. The molecule has 8 heteroatoms. The number of pyridine rings is 1. The fourth-order valence-electron chi connectivity index (χ4n) is 3.62. The molecule has 0 unspecified atom stereocenters. The van der Waals surface area contributed by atoms with Crippen LogP contribution in [0.15, 0.2) is 18.2 Å². The van der Waals surface area contributed by atoms with Gasteiger partial charge in [0.1, 0.15) is 11.3 Å². The number of esters is 2. The number of aromatic nitrogens is 3. The summed E-state index contributed by atoms with van der Waals surface area (Å²) in [6.07, 6.45) is 1.29. The number of imidazole rings is 1. The molecule has 8 nitrogen and oxygen atoms in total. The predicted octanol–water partition coefficient (Wildman–Crippen LogP) is 3.49. The van der Waals surface area contributed by atoms with Gasteiger partial charge in [0.2, 0.25) is 0 Å². The molecule has 0 aliphatic carbocycles. The number of carbonyl (C=O) groups excluding carboxylic acids is 2. The van der Waals surface area contributed by atoms with Crippen molar-refractivity contribution >= 4 is 23.1 Å². The van der Waals surface area contributed by atoms with Crippen LogP contribution in [-0.2, 0) is 28.7 Å². The van der Waals surface area contributed by atoms with E-state index < -0.39 is 11.9 Å². The number of ether oxygens (including phenoxy) is 2. The second-order valence-corrected chi connectivity index (χ2v) is 7.03. The molecule has 3 aromatic rings. The summed E-state index contributed by atoms with van der Waals surface area (Å²) in [5, 5.41) is 9.15. The molecule has 0 saturated carbocycles. The average Bonchev–Trinajstić information content (AvgIpc) is 3.16. The van der Waals surface area contributed by atoms with Crippen LogP contribution in [0, 0.1) is 18.3 Å². The molecular formula is C23H24N4O4. The standard InChI is InChI=1S/C23H24N4O4/c1-6-15-10-13(3)19-21(25-15)27(18(7-2)26-19)20-16(22(28)30-4)11-14(8-9-24)12-17(20)23(29)31-5/h10-12H,6-8H2,1-5H3. The van der Waals surface area contributed by atoms with Crippen molar-refractivity contribution in [3.63, 3.8) is 0 Å². The van der Waals surface area contributed by atoms with Crippen molar-refractivity contribution in [2.45, 2.75) is 40.0 Å². The predicted molar refractivity (Wildman–Crippen MR) is 114 cm³/mol. The highest BCUT2D eigenvalue weighted by molar-refractivity contribution is 6.03. The van der Waals surface area contributed by atoms with E-state index >= 15 is 0 Å². The Kier molecular flexibility index (Phi) is 6.35. The molecule has 0 aliphatic rings. The second-order valence-electron chi connectivity index (χ2n) is 7.03. The largest absolute Gasteiger partial charge is 0.465 e. The van der Waals surface area contributed by atoms with Crippen molar-refractivity contribution in [2.24, 2.45) is 0 Å². The van der Waals surface area contributed by atoms with Gasteiger partial charge in [0, 0.05) is 12.1 Å². The summed E-state index contributed by atoms with van der Waals surface area (Å²) >= 11 is 0. The molecule has 2 aromatic heterocycles. The summed E-state index contributed by atoms with van der Waals surface area (Å²) in [7, 11) is 2.54. The van der Waals surface area contributed by atoms with Crippen molar-refractivity contribution in [1.82, 2.24) is 14.5 Å². The third-order valence-electron chi connectivity index (χ3n) is 5.09. The van der Waals surface area contributed by atoms with E-state index in [-0.39, 0.29) is 17.5 Å². The minimum absolute atomic E-state index is 0.0247. The van der Waals surface area contributed by atoms with Gasteiger partial charge in [0.05, 0.1) is 43.5 Å². The number of methoxy groups -OCH3 is 2. The number of aryl methyl sites for hydroxylation is 3. The van der Waals surface area contributed by atoms with Gasteiger partial charge in [-0.25, -0.2) is 19.6 Å². The Morgan fingerprint density at radius 3 is 2.13 bits per heavy atom. The van der Waals surface area contributed by atoms with Crippen LogP contribution in [0.25, 0.3) is 16.9 Å². The zero-order valence-corrected chi connectivity index (χ0v) is 18.3. The first-order chi connectivity index (χ1) is 14.9. The van der Waals surface area contributed by atoms with Crippen LogP contribution in [-0.4, -0.2) is 40.7 Å². The summed E-state index contributed by atoms with van der Waals surface area (Å²) in [6.45, 7) is 5.90. The molecule has 2 heterocycles. The third-order valence-corrected chi connectivity index (χ3v) is 5.09. The fourth-order valence-corrected chi connectivity index (χ4v) is 3.62. The fraction of sp³-hybridized carbons (Fsp3) is 0.348. The topological polar surface area (TPSA) is 107 Å². The summed E-state index contributed by atoms with van der Waals surface area (Å²) in [4.78, 5) is 35.0. The molecular weight excluding hydrogens is 396 g/mol. The van der Waals surface area contributed by atoms with Crippen molar-refractivity contribution < 1.29 is 19.1 Å². The molecule has 0 fully saturated rings. The van der Waals surface area contributed by atoms with Crippen LogP contribution in [0.2, 0.25) is 0 Å². The van der Waals surface area contributed by atoms with Crippen LogP contribution in [0.3, 0.4) is 0 Å². The first kappa shape index (κ1) is 22.0. The molecule has 3 rings (SSSR count). The maximum absolute atomic E-state index is 12.8. The Bertz CT molecular complexity index is 1180. The number of nitrogens with zero attached hydrogens (tertiary/aromatic N) is 4. The number of nitriles is 1. The number of carbonyl (C=O) groups is 2. The number of hydrogen-bond acceptors (Lipinski definition) is 7. The van der Waals surface area contributed by atoms with E-state index in [0.717, 1.165) is 17.7 Å². The molecule has 31 heavy (non-hydrogen) atoms. The summed E-state index contributed by atoms with van der Waals surface area (Å²) < 4.78 is 11.7. The smallest absolute Gasteiger partial charge is 0.340 e. The van der Waals surface area contributed by atoms with Crippen LogP contribution < -0.4 is 0 Å². The molecule has 0 radical (unpaired) electrons. The van der Waals surface area contributed by atoms with E-state index in [0.29, 0.717) is 34.7 Å². The molecule has 0 bridgehead atoms. The van der Waals surface area contributed by atoms with E-state index in [1.54, 1.807) is 16.7 Å². The van der Waals surface area contributed by atoms with E-state index in [2.05, 4.69) is 0 Å². The lowest BCUT2D eigenvalue weighted by Crippen LogP contribution is -2.17. The number of hydrogen-bond donors (Lipinski definition) is 0. The highest BCUT2D eigenvalue weighted by Gasteiger charge is 2.27. The Labute approximate surface area is 180 Å². The van der Waals surface area contributed by atoms with Gasteiger partial charge in [-0.2, -0.15) is 5.26 Å². The van der Waals surface area contributed by atoms with Gasteiger partial charge in [0.15, 0.2) is 5.65 Å². The van der Waals surface area contributed by atoms with Crippen LogP contribution in [0.5, 0.6) is 0 Å². The molecule has 0 amide bonds. The maximum Gasteiger partial charge on any atom is 0.340 e. The SMILES string of the molecule is CCc1cc(C)c2nc(CC)n(-c3c(C(=O)OC)cc(CC#N)cc3C(=O)OC)c2n1. The van der Waals surface area contributed by atoms with Gasteiger partial charge in [-0.3, -0.25) is 4.57 Å². The van der Waals surface area contributed by atoms with Gasteiger partial charge in [0.25, 0.3) is 0 Å². The molecule has 1 aromatic carbocycles. The number of benzene rings is 1. The second kappa shape index (κ2) is 8.96. The van der Waals surface area contributed by atoms with Crippen LogP contribution >= 0.6 is 0 Å². The maximum atomic E-state index is 12.8. The van der Waals surface area contributed by atoms with Crippen LogP contribution in [0.4, 0.5) is 0 Å². The molecule has 0 atom stereocenters. The van der Waals surface area contributed by atoms with Crippen LogP contribution in [0.1, 0.15) is 57.2 Å². The Morgan fingerprint density at radius 1 is 1.03 bits per heavy atom. The first-order valence-corrected chi connectivity index (χ1v) is 9.98. The Morgan fingerprint density at radius 2 is 1.65 bits per heavy atom. The quantitative estimate of drug-likeness (QED) is 0.562. The molecule has 0 saturated heterocycles. The van der Waals surface area contributed by atoms with Gasteiger partial charge in [-0.15, -0.1) is 0 Å². The lowest BCUT2D eigenvalue weighted by molar-refractivity contribution is 0.0599. The third kappa shape index (κ3) is 3.87. The van der Waals surface area contributed by atoms with Crippen molar-refractivity contribution in [3.8, 4) is 11.8 Å². The summed E-state index contributed by atoms with van der Waals surface area (Å²) in [5.74, 6) is -0.623. The molecule has 0 spiro atoms. The van der Waals surface area contributed by atoms with Gasteiger partial charge >= 0.3 is 11.9 Å². The summed E-state index contributed by atoms with van der Waals surface area (Å²) in [6, 6.07) is 7.17. The normalized spacial score (nSPS) is 10.7. The minimum atomic E-state index is -0.632. The van der Waals surface area contributed by atoms with Crippen molar-refractivity contribution in [2.75, 3.05) is 14.2 Å². The molecule has 0 N–H and O–H groups in total. The highest BCUT2D eigenvalue weighted by atomic mass is 16.5.